The van der Waals surface area contributed by atoms with Crippen molar-refractivity contribution in [1.82, 2.24) is 10.9 Å². The average molecular weight is 473 g/mol. The highest BCUT2D eigenvalue weighted by Crippen LogP contribution is 2.36. The number of carbonyl (C=O) groups excluding carboxylic acids is 2. The first-order valence-electron chi connectivity index (χ1n) is 8.09. The van der Waals surface area contributed by atoms with E-state index in [0.29, 0.717) is 12.1 Å². The van der Waals surface area contributed by atoms with Crippen LogP contribution in [0.25, 0.3) is 0 Å². The van der Waals surface area contributed by atoms with Gasteiger partial charge in [-0.05, 0) is 42.3 Å². The zero-order valence-electron chi connectivity index (χ0n) is 14.7. The number of carbonyl (C=O) groups is 2. The van der Waals surface area contributed by atoms with Crippen LogP contribution in [0.2, 0.25) is 0 Å². The fraction of sp³-hybridized carbons (Fsp3) is 0.222. The molecule has 1 aliphatic rings. The van der Waals surface area contributed by atoms with Crippen LogP contribution in [0, 0.1) is 0 Å². The molecule has 0 aromatic heterocycles. The Bertz CT molecular complexity index is 917. The highest BCUT2D eigenvalue weighted by molar-refractivity contribution is 6.47. The largest absolute Gasteiger partial charge is 0.416 e. The highest BCUT2D eigenvalue weighted by atomic mass is 35.5. The number of hydrogen-bond donors (Lipinski definition) is 2. The first-order valence-corrected chi connectivity index (χ1v) is 8.85. The van der Waals surface area contributed by atoms with E-state index in [4.69, 9.17) is 23.2 Å². The Balaban J connectivity index is 2.02. The van der Waals surface area contributed by atoms with E-state index >= 15 is 0 Å². The van der Waals surface area contributed by atoms with E-state index in [-0.39, 0.29) is 33.7 Å². The maximum Gasteiger partial charge on any atom is 0.416 e. The first kappa shape index (κ1) is 23.8. The van der Waals surface area contributed by atoms with Crippen molar-refractivity contribution in [3.63, 3.8) is 0 Å². The number of amides is 1. The quantitative estimate of drug-likeness (QED) is 0.360. The number of ketones is 1. The molecule has 30 heavy (non-hydrogen) atoms. The van der Waals surface area contributed by atoms with Gasteiger partial charge in [0.2, 0.25) is 11.7 Å². The molecule has 1 amide bonds. The molecular formula is C18H12Cl2F6N2O2. The van der Waals surface area contributed by atoms with Gasteiger partial charge in [-0.25, -0.2) is 0 Å². The van der Waals surface area contributed by atoms with Crippen LogP contribution in [0.4, 0.5) is 26.3 Å². The molecule has 1 aromatic carbocycles. The minimum absolute atomic E-state index is 0.0106. The monoisotopic (exact) mass is 472 g/mol. The zero-order valence-corrected chi connectivity index (χ0v) is 16.2. The lowest BCUT2D eigenvalue weighted by atomic mass is 10.0. The number of hydrogen-bond acceptors (Lipinski definition) is 3. The summed E-state index contributed by atoms with van der Waals surface area (Å²) in [6.45, 7) is 0. The molecule has 0 fully saturated rings. The van der Waals surface area contributed by atoms with E-state index in [1.54, 1.807) is 0 Å². The SMILES string of the molecule is O=C(CCc1cc(C(F)(F)F)cc(C(F)(F)F)c1)NN/C=C1\C=C(Cl)C=C(Cl)C1=O. The Hall–Kier alpha value is -2.46. The molecule has 0 heterocycles. The lowest BCUT2D eigenvalue weighted by Gasteiger charge is -2.14. The Labute approximate surface area is 176 Å². The molecular weight excluding hydrogens is 461 g/mol. The number of rotatable bonds is 5. The van der Waals surface area contributed by atoms with Crippen LogP contribution in [-0.2, 0) is 28.4 Å². The molecule has 0 aliphatic heterocycles. The molecule has 0 atom stereocenters. The van der Waals surface area contributed by atoms with Crippen LogP contribution in [0.1, 0.15) is 23.1 Å². The minimum Gasteiger partial charge on any atom is -0.305 e. The molecule has 0 spiro atoms. The van der Waals surface area contributed by atoms with Gasteiger partial charge in [0.05, 0.1) is 16.2 Å². The third-order valence-corrected chi connectivity index (χ3v) is 4.26. The molecule has 0 radical (unpaired) electrons. The van der Waals surface area contributed by atoms with Crippen molar-refractivity contribution in [2.45, 2.75) is 25.2 Å². The summed E-state index contributed by atoms with van der Waals surface area (Å²) >= 11 is 11.4. The van der Waals surface area contributed by atoms with Gasteiger partial charge in [-0.3, -0.25) is 15.0 Å². The van der Waals surface area contributed by atoms with E-state index in [9.17, 15) is 35.9 Å². The van der Waals surface area contributed by atoms with Crippen molar-refractivity contribution in [2.24, 2.45) is 0 Å². The minimum atomic E-state index is -4.97. The number of halogens is 8. The maximum atomic E-state index is 12.8. The molecule has 0 unspecified atom stereocenters. The van der Waals surface area contributed by atoms with Crippen LogP contribution in [0.3, 0.4) is 0 Å². The second-order valence-corrected chi connectivity index (χ2v) is 6.90. The van der Waals surface area contributed by atoms with Gasteiger partial charge < -0.3 is 5.43 Å². The molecule has 4 nitrogen and oxygen atoms in total. The number of nitrogens with one attached hydrogen (secondary N) is 2. The average Bonchev–Trinajstić information content (AvgIpc) is 2.62. The summed E-state index contributed by atoms with van der Waals surface area (Å²) in [5, 5.41) is 0.0240. The normalized spacial score (nSPS) is 16.3. The van der Waals surface area contributed by atoms with Crippen molar-refractivity contribution in [1.29, 1.82) is 0 Å². The van der Waals surface area contributed by atoms with E-state index in [1.165, 1.54) is 12.2 Å². The predicted octanol–water partition coefficient (Wildman–Crippen LogP) is 4.99. The fourth-order valence-corrected chi connectivity index (χ4v) is 2.88. The van der Waals surface area contributed by atoms with Gasteiger partial charge in [-0.2, -0.15) is 26.3 Å². The number of benzene rings is 1. The summed E-state index contributed by atoms with van der Waals surface area (Å²) in [5.41, 5.74) is 1.25. The molecule has 0 bridgehead atoms. The Morgan fingerprint density at radius 2 is 1.53 bits per heavy atom. The predicted molar refractivity (Wildman–Crippen MR) is 97.0 cm³/mol. The highest BCUT2D eigenvalue weighted by Gasteiger charge is 2.36. The van der Waals surface area contributed by atoms with E-state index in [1.807, 2.05) is 0 Å². The molecule has 2 N–H and O–H groups in total. The third kappa shape index (κ3) is 6.53. The Morgan fingerprint density at radius 1 is 0.967 bits per heavy atom. The Morgan fingerprint density at radius 3 is 2.07 bits per heavy atom. The topological polar surface area (TPSA) is 58.2 Å². The van der Waals surface area contributed by atoms with E-state index in [0.717, 1.165) is 6.20 Å². The standard InChI is InChI=1S/C18H12Cl2F6N2O2/c19-13-5-10(16(30)14(20)7-13)8-27-28-15(29)2-1-9-3-11(17(21,22)23)6-12(4-9)18(24,25)26/h3-8,27H,1-2H2,(H,28,29)/b10-8+. The zero-order chi connectivity index (χ0) is 22.7. The number of aryl methyl sites for hydroxylation is 1. The van der Waals surface area contributed by atoms with Gasteiger partial charge >= 0.3 is 12.4 Å². The van der Waals surface area contributed by atoms with E-state index < -0.39 is 41.6 Å². The second kappa shape index (κ2) is 9.13. The van der Waals surface area contributed by atoms with Crippen molar-refractivity contribution < 1.29 is 35.9 Å². The number of Topliss-reactive ketones (excluding diaryl/α,β-unsaturated/α-hetero) is 1. The molecule has 0 saturated carbocycles. The van der Waals surface area contributed by atoms with Gasteiger partial charge in [0.1, 0.15) is 0 Å². The molecule has 2 rings (SSSR count). The fourth-order valence-electron chi connectivity index (χ4n) is 2.37. The molecule has 12 heteroatoms. The number of alkyl halides is 6. The summed E-state index contributed by atoms with van der Waals surface area (Å²) in [6.07, 6.45) is -7.14. The summed E-state index contributed by atoms with van der Waals surface area (Å²) in [4.78, 5) is 23.6. The smallest absolute Gasteiger partial charge is 0.305 e. The van der Waals surface area contributed by atoms with Crippen molar-refractivity contribution in [2.75, 3.05) is 0 Å². The van der Waals surface area contributed by atoms with Crippen LogP contribution in [0.15, 0.2) is 52.2 Å². The van der Waals surface area contributed by atoms with Gasteiger partial charge in [0.15, 0.2) is 0 Å². The molecule has 162 valence electrons. The summed E-state index contributed by atoms with van der Waals surface area (Å²) in [7, 11) is 0. The third-order valence-electron chi connectivity index (χ3n) is 3.76. The lowest BCUT2D eigenvalue weighted by molar-refractivity contribution is -0.143. The summed E-state index contributed by atoms with van der Waals surface area (Å²) in [5.74, 6) is -1.30. The second-order valence-electron chi connectivity index (χ2n) is 6.06. The first-order chi connectivity index (χ1) is 13.8. The van der Waals surface area contributed by atoms with Crippen LogP contribution < -0.4 is 10.9 Å². The lowest BCUT2D eigenvalue weighted by Crippen LogP contribution is -2.34. The van der Waals surface area contributed by atoms with Gasteiger partial charge in [0.25, 0.3) is 0 Å². The van der Waals surface area contributed by atoms with E-state index in [2.05, 4.69) is 10.9 Å². The van der Waals surface area contributed by atoms with Crippen molar-refractivity contribution in [3.8, 4) is 0 Å². The molecule has 1 aliphatic carbocycles. The maximum absolute atomic E-state index is 12.8. The van der Waals surface area contributed by atoms with Gasteiger partial charge in [0, 0.05) is 23.2 Å². The van der Waals surface area contributed by atoms with Crippen LogP contribution >= 0.6 is 23.2 Å². The van der Waals surface area contributed by atoms with Crippen molar-refractivity contribution in [3.05, 3.63) is 68.9 Å². The summed E-state index contributed by atoms with van der Waals surface area (Å²) < 4.78 is 77.1. The molecule has 1 aromatic rings. The van der Waals surface area contributed by atoms with Crippen molar-refractivity contribution >= 4 is 34.9 Å². The van der Waals surface area contributed by atoms with Crippen LogP contribution in [0.5, 0.6) is 0 Å². The number of allylic oxidation sites excluding steroid dienone is 5. The Kier molecular flexibility index (Phi) is 7.25. The van der Waals surface area contributed by atoms with Gasteiger partial charge in [-0.15, -0.1) is 0 Å². The summed E-state index contributed by atoms with van der Waals surface area (Å²) in [6, 6.07) is 1.12. The van der Waals surface area contributed by atoms with Crippen LogP contribution in [-0.4, -0.2) is 11.7 Å². The number of hydrazine groups is 1. The molecule has 0 saturated heterocycles. The van der Waals surface area contributed by atoms with Gasteiger partial charge in [-0.1, -0.05) is 23.2 Å².